The topological polar surface area (TPSA) is 75.7 Å². The van der Waals surface area contributed by atoms with E-state index in [1.54, 1.807) is 6.07 Å². The lowest BCUT2D eigenvalue weighted by molar-refractivity contribution is 0.0693. The van der Waals surface area contributed by atoms with Crippen molar-refractivity contribution in [2.24, 2.45) is 0 Å². The van der Waals surface area contributed by atoms with E-state index in [4.69, 9.17) is 4.74 Å². The molecule has 3 rings (SSSR count). The van der Waals surface area contributed by atoms with Crippen LogP contribution in [0.2, 0.25) is 0 Å². The molecule has 1 heterocycles. The van der Waals surface area contributed by atoms with E-state index in [-0.39, 0.29) is 23.3 Å². The monoisotopic (exact) mass is 380 g/mol. The molecule has 3 amide bonds. The average Bonchev–Trinajstić information content (AvgIpc) is 2.93. The smallest absolute Gasteiger partial charge is 0.261 e. The van der Waals surface area contributed by atoms with Gasteiger partial charge in [-0.1, -0.05) is 25.5 Å². The maximum absolute atomic E-state index is 12.4. The molecule has 2 aromatic carbocycles. The quantitative estimate of drug-likeness (QED) is 0.564. The van der Waals surface area contributed by atoms with Crippen LogP contribution < -0.4 is 10.1 Å². The first-order valence-electron chi connectivity index (χ1n) is 9.47. The summed E-state index contributed by atoms with van der Waals surface area (Å²) in [6.07, 6.45) is 2.82. The number of amides is 3. The first-order chi connectivity index (χ1) is 13.5. The number of rotatable bonds is 8. The second kappa shape index (κ2) is 8.69. The van der Waals surface area contributed by atoms with Crippen molar-refractivity contribution in [3.05, 3.63) is 64.7 Å². The highest BCUT2D eigenvalue weighted by Crippen LogP contribution is 2.22. The number of nitrogens with zero attached hydrogens (tertiary/aromatic N) is 1. The van der Waals surface area contributed by atoms with Crippen LogP contribution in [0.5, 0.6) is 5.75 Å². The molecule has 2 aromatic rings. The molecule has 0 aromatic heterocycles. The predicted octanol–water partition coefficient (Wildman–Crippen LogP) is 3.06. The highest BCUT2D eigenvalue weighted by Gasteiger charge is 2.33. The standard InChI is InChI=1S/C22H24N2O4/c1-3-4-13-28-17-8-5-15(6-9-17)11-12-23-20(25)16-7-10-18-19(14-16)22(27)24(2)21(18)26/h5-10,14H,3-4,11-13H2,1-2H3,(H,23,25). The molecule has 6 heteroatoms. The molecule has 28 heavy (non-hydrogen) atoms. The lowest BCUT2D eigenvalue weighted by Gasteiger charge is -2.08. The molecule has 0 fully saturated rings. The summed E-state index contributed by atoms with van der Waals surface area (Å²) in [6.45, 7) is 3.31. The minimum absolute atomic E-state index is 0.267. The Morgan fingerprint density at radius 1 is 1.04 bits per heavy atom. The maximum Gasteiger partial charge on any atom is 0.261 e. The molecule has 1 N–H and O–H groups in total. The Morgan fingerprint density at radius 2 is 1.75 bits per heavy atom. The van der Waals surface area contributed by atoms with Crippen LogP contribution in [0.15, 0.2) is 42.5 Å². The molecule has 1 aliphatic heterocycles. The van der Waals surface area contributed by atoms with Gasteiger partial charge in [-0.3, -0.25) is 19.3 Å². The lowest BCUT2D eigenvalue weighted by atomic mass is 10.1. The highest BCUT2D eigenvalue weighted by atomic mass is 16.5. The zero-order valence-electron chi connectivity index (χ0n) is 16.2. The Hall–Kier alpha value is -3.15. The minimum Gasteiger partial charge on any atom is -0.494 e. The van der Waals surface area contributed by atoms with Crippen LogP contribution >= 0.6 is 0 Å². The summed E-state index contributed by atoms with van der Waals surface area (Å²) in [7, 11) is 1.44. The van der Waals surface area contributed by atoms with Crippen molar-refractivity contribution >= 4 is 17.7 Å². The number of hydrogen-bond acceptors (Lipinski definition) is 4. The van der Waals surface area contributed by atoms with Gasteiger partial charge in [-0.05, 0) is 48.7 Å². The summed E-state index contributed by atoms with van der Waals surface area (Å²) in [5.74, 6) is -0.134. The van der Waals surface area contributed by atoms with Crippen LogP contribution in [0.3, 0.4) is 0 Å². The SMILES string of the molecule is CCCCOc1ccc(CCNC(=O)c2ccc3c(c2)C(=O)N(C)C3=O)cc1. The molecular weight excluding hydrogens is 356 g/mol. The van der Waals surface area contributed by atoms with E-state index in [2.05, 4.69) is 12.2 Å². The normalized spacial score (nSPS) is 12.9. The first-order valence-corrected chi connectivity index (χ1v) is 9.47. The fourth-order valence-corrected chi connectivity index (χ4v) is 3.01. The summed E-state index contributed by atoms with van der Waals surface area (Å²) in [4.78, 5) is 37.4. The Balaban J connectivity index is 1.53. The number of fused-ring (bicyclic) bond motifs is 1. The number of nitrogens with one attached hydrogen (secondary N) is 1. The highest BCUT2D eigenvalue weighted by molar-refractivity contribution is 6.21. The number of imide groups is 1. The third-order valence-corrected chi connectivity index (χ3v) is 4.74. The van der Waals surface area contributed by atoms with E-state index in [0.29, 0.717) is 24.1 Å². The average molecular weight is 380 g/mol. The summed E-state index contributed by atoms with van der Waals surface area (Å²) in [6, 6.07) is 12.4. The molecule has 6 nitrogen and oxygen atoms in total. The third kappa shape index (κ3) is 4.22. The molecule has 0 saturated heterocycles. The Labute approximate surface area is 164 Å². The zero-order valence-corrected chi connectivity index (χ0v) is 16.2. The van der Waals surface area contributed by atoms with Crippen LogP contribution in [0.1, 0.15) is 56.4 Å². The van der Waals surface area contributed by atoms with Crippen molar-refractivity contribution in [3.63, 3.8) is 0 Å². The molecule has 146 valence electrons. The van der Waals surface area contributed by atoms with E-state index in [0.717, 1.165) is 35.7 Å². The minimum atomic E-state index is -0.379. The van der Waals surface area contributed by atoms with Gasteiger partial charge in [-0.15, -0.1) is 0 Å². The van der Waals surface area contributed by atoms with E-state index >= 15 is 0 Å². The van der Waals surface area contributed by atoms with Gasteiger partial charge in [-0.25, -0.2) is 0 Å². The molecular formula is C22H24N2O4. The van der Waals surface area contributed by atoms with Crippen molar-refractivity contribution in [2.45, 2.75) is 26.2 Å². The van der Waals surface area contributed by atoms with E-state index in [9.17, 15) is 14.4 Å². The van der Waals surface area contributed by atoms with E-state index in [1.165, 1.54) is 19.2 Å². The zero-order chi connectivity index (χ0) is 20.1. The second-order valence-corrected chi connectivity index (χ2v) is 6.78. The van der Waals surface area contributed by atoms with Gasteiger partial charge >= 0.3 is 0 Å². The second-order valence-electron chi connectivity index (χ2n) is 6.78. The molecule has 0 aliphatic carbocycles. The molecule has 0 spiro atoms. The van der Waals surface area contributed by atoms with Gasteiger partial charge in [0.05, 0.1) is 17.7 Å². The molecule has 0 radical (unpaired) electrons. The third-order valence-electron chi connectivity index (χ3n) is 4.74. The number of carbonyl (C=O) groups is 3. The Morgan fingerprint density at radius 3 is 2.46 bits per heavy atom. The van der Waals surface area contributed by atoms with Gasteiger partial charge in [0.2, 0.25) is 0 Å². The van der Waals surface area contributed by atoms with Crippen LogP contribution in [-0.2, 0) is 6.42 Å². The van der Waals surface area contributed by atoms with Crippen molar-refractivity contribution in [2.75, 3.05) is 20.2 Å². The van der Waals surface area contributed by atoms with Crippen molar-refractivity contribution < 1.29 is 19.1 Å². The van der Waals surface area contributed by atoms with Gasteiger partial charge in [-0.2, -0.15) is 0 Å². The van der Waals surface area contributed by atoms with Crippen molar-refractivity contribution in [3.8, 4) is 5.75 Å². The van der Waals surface area contributed by atoms with Gasteiger partial charge in [0.15, 0.2) is 0 Å². The predicted molar refractivity (Wildman–Crippen MR) is 106 cm³/mol. The van der Waals surface area contributed by atoms with Crippen LogP contribution in [0, 0.1) is 0 Å². The fourth-order valence-electron chi connectivity index (χ4n) is 3.01. The summed E-state index contributed by atoms with van der Waals surface area (Å²) in [5.41, 5.74) is 2.08. The maximum atomic E-state index is 12.4. The Bertz CT molecular complexity index is 890. The van der Waals surface area contributed by atoms with Gasteiger partial charge in [0.1, 0.15) is 5.75 Å². The number of carbonyl (C=O) groups excluding carboxylic acids is 3. The van der Waals surface area contributed by atoms with Crippen molar-refractivity contribution in [1.82, 2.24) is 10.2 Å². The number of unbranched alkanes of at least 4 members (excludes halogenated alkanes) is 1. The van der Waals surface area contributed by atoms with Crippen LogP contribution in [0.25, 0.3) is 0 Å². The fraction of sp³-hybridized carbons (Fsp3) is 0.318. The molecule has 1 aliphatic rings. The largest absolute Gasteiger partial charge is 0.494 e. The van der Waals surface area contributed by atoms with E-state index < -0.39 is 0 Å². The molecule has 0 atom stereocenters. The number of hydrogen-bond donors (Lipinski definition) is 1. The summed E-state index contributed by atoms with van der Waals surface area (Å²) < 4.78 is 5.64. The van der Waals surface area contributed by atoms with Crippen molar-refractivity contribution in [1.29, 1.82) is 0 Å². The number of benzene rings is 2. The molecule has 0 bridgehead atoms. The van der Waals surface area contributed by atoms with Crippen LogP contribution in [0.4, 0.5) is 0 Å². The summed E-state index contributed by atoms with van der Waals surface area (Å²) >= 11 is 0. The molecule has 0 unspecified atom stereocenters. The van der Waals surface area contributed by atoms with Gasteiger partial charge in [0.25, 0.3) is 17.7 Å². The van der Waals surface area contributed by atoms with Gasteiger partial charge in [0, 0.05) is 19.2 Å². The lowest BCUT2D eigenvalue weighted by Crippen LogP contribution is -2.26. The van der Waals surface area contributed by atoms with Gasteiger partial charge < -0.3 is 10.1 Å². The summed E-state index contributed by atoms with van der Waals surface area (Å²) in [5, 5.41) is 2.85. The molecule has 0 saturated carbocycles. The Kier molecular flexibility index (Phi) is 6.09. The van der Waals surface area contributed by atoms with Crippen LogP contribution in [-0.4, -0.2) is 42.8 Å². The number of ether oxygens (including phenoxy) is 1. The first kappa shape index (κ1) is 19.6. The van der Waals surface area contributed by atoms with E-state index in [1.807, 2.05) is 24.3 Å².